The van der Waals surface area contributed by atoms with Crippen LogP contribution in [0.1, 0.15) is 13.8 Å². The van der Waals surface area contributed by atoms with Gasteiger partial charge in [-0.2, -0.15) is 0 Å². The average Bonchev–Trinajstić information content (AvgIpc) is 2.70. The fourth-order valence-corrected chi connectivity index (χ4v) is 2.46. The Morgan fingerprint density at radius 1 is 1.29 bits per heavy atom. The molecular weight excluding hydrogens is 216 g/mol. The molecule has 0 saturated carbocycles. The highest BCUT2D eigenvalue weighted by molar-refractivity contribution is 4.82. The maximum Gasteiger partial charge on any atom is 0.0615 e. The van der Waals surface area contributed by atoms with E-state index in [1.165, 1.54) is 0 Å². The number of hydrogen-bond acceptors (Lipinski definition) is 4. The maximum atomic E-state index is 5.26. The summed E-state index contributed by atoms with van der Waals surface area (Å²) in [6, 6.07) is 0.461. The molecule has 1 aliphatic heterocycles. The third-order valence-corrected chi connectivity index (χ3v) is 3.76. The van der Waals surface area contributed by atoms with E-state index in [2.05, 4.69) is 24.1 Å². The van der Waals surface area contributed by atoms with Gasteiger partial charge in [0.15, 0.2) is 0 Å². The maximum absolute atomic E-state index is 5.26. The predicted molar refractivity (Wildman–Crippen MR) is 70.3 cm³/mol. The number of hydrogen-bond donors (Lipinski definition) is 1. The predicted octanol–water partition coefficient (Wildman–Crippen LogP) is 0.825. The van der Waals surface area contributed by atoms with E-state index in [4.69, 9.17) is 9.47 Å². The Bertz CT molecular complexity index is 202. The molecule has 0 bridgehead atoms. The molecule has 0 aromatic rings. The van der Waals surface area contributed by atoms with E-state index in [-0.39, 0.29) is 0 Å². The first-order valence-electron chi connectivity index (χ1n) is 6.61. The molecule has 1 rings (SSSR count). The van der Waals surface area contributed by atoms with E-state index in [0.29, 0.717) is 6.04 Å². The molecular formula is C13H28N2O2. The Kier molecular flexibility index (Phi) is 7.04. The van der Waals surface area contributed by atoms with Gasteiger partial charge in [0.1, 0.15) is 0 Å². The zero-order chi connectivity index (χ0) is 12.7. The van der Waals surface area contributed by atoms with Crippen LogP contribution in [0.5, 0.6) is 0 Å². The molecule has 1 fully saturated rings. The Balaban J connectivity index is 2.43. The summed E-state index contributed by atoms with van der Waals surface area (Å²) in [5.41, 5.74) is 0. The first-order valence-corrected chi connectivity index (χ1v) is 6.61. The second-order valence-electron chi connectivity index (χ2n) is 5.19. The quantitative estimate of drug-likeness (QED) is 0.685. The van der Waals surface area contributed by atoms with Gasteiger partial charge in [-0.15, -0.1) is 0 Å². The van der Waals surface area contributed by atoms with Gasteiger partial charge in [-0.25, -0.2) is 0 Å². The minimum Gasteiger partial charge on any atom is -0.383 e. The van der Waals surface area contributed by atoms with Crippen molar-refractivity contribution in [3.63, 3.8) is 0 Å². The van der Waals surface area contributed by atoms with Crippen LogP contribution < -0.4 is 5.32 Å². The van der Waals surface area contributed by atoms with Gasteiger partial charge >= 0.3 is 0 Å². The molecule has 1 N–H and O–H groups in total. The first-order chi connectivity index (χ1) is 8.19. The summed E-state index contributed by atoms with van der Waals surface area (Å²) in [4.78, 5) is 2.49. The molecule has 0 amide bonds. The highest BCUT2D eigenvalue weighted by atomic mass is 16.5. The fourth-order valence-electron chi connectivity index (χ4n) is 2.46. The van der Waals surface area contributed by atoms with Crippen LogP contribution >= 0.6 is 0 Å². The van der Waals surface area contributed by atoms with Crippen LogP contribution in [0.25, 0.3) is 0 Å². The number of methoxy groups -OCH3 is 2. The lowest BCUT2D eigenvalue weighted by Gasteiger charge is -2.31. The minimum absolute atomic E-state index is 0.461. The van der Waals surface area contributed by atoms with Crippen molar-refractivity contribution in [1.29, 1.82) is 0 Å². The molecule has 0 aromatic heterocycles. The lowest BCUT2D eigenvalue weighted by atomic mass is 9.97. The molecule has 102 valence electrons. The molecule has 17 heavy (non-hydrogen) atoms. The summed E-state index contributed by atoms with van der Waals surface area (Å²) in [7, 11) is 3.53. The summed E-state index contributed by atoms with van der Waals surface area (Å²) >= 11 is 0. The summed E-state index contributed by atoms with van der Waals surface area (Å²) in [6.45, 7) is 10.6. The smallest absolute Gasteiger partial charge is 0.0615 e. The van der Waals surface area contributed by atoms with Crippen LogP contribution in [0.4, 0.5) is 0 Å². The van der Waals surface area contributed by atoms with Crippen molar-refractivity contribution in [2.45, 2.75) is 19.9 Å². The minimum atomic E-state index is 0.461. The summed E-state index contributed by atoms with van der Waals surface area (Å²) in [5.74, 6) is 1.53. The lowest BCUT2D eigenvalue weighted by molar-refractivity contribution is 0.0630. The molecule has 4 nitrogen and oxygen atoms in total. The van der Waals surface area contributed by atoms with Crippen LogP contribution in [0.2, 0.25) is 0 Å². The van der Waals surface area contributed by atoms with Gasteiger partial charge < -0.3 is 14.8 Å². The Labute approximate surface area is 106 Å². The standard InChI is InChI=1S/C13H28N2O2/c1-11-7-14-8-13(11)9-15(5-6-16-3)12(2)10-17-4/h11-14H,5-10H2,1-4H3. The second kappa shape index (κ2) is 8.03. The Morgan fingerprint density at radius 2 is 2.06 bits per heavy atom. The normalized spacial score (nSPS) is 26.6. The summed E-state index contributed by atoms with van der Waals surface area (Å²) in [5, 5.41) is 3.47. The third-order valence-electron chi connectivity index (χ3n) is 3.76. The third kappa shape index (κ3) is 4.92. The Hall–Kier alpha value is -0.160. The van der Waals surface area contributed by atoms with Crippen molar-refractivity contribution < 1.29 is 9.47 Å². The van der Waals surface area contributed by atoms with E-state index in [0.717, 1.165) is 51.2 Å². The van der Waals surface area contributed by atoms with E-state index in [1.54, 1.807) is 14.2 Å². The molecule has 3 atom stereocenters. The molecule has 3 unspecified atom stereocenters. The first kappa shape index (κ1) is 14.9. The van der Waals surface area contributed by atoms with E-state index >= 15 is 0 Å². The van der Waals surface area contributed by atoms with Crippen molar-refractivity contribution in [2.75, 3.05) is 53.6 Å². The lowest BCUT2D eigenvalue weighted by Crippen LogP contribution is -2.42. The van der Waals surface area contributed by atoms with Crippen molar-refractivity contribution in [3.05, 3.63) is 0 Å². The van der Waals surface area contributed by atoms with Gasteiger partial charge in [0.25, 0.3) is 0 Å². The van der Waals surface area contributed by atoms with Crippen molar-refractivity contribution >= 4 is 0 Å². The molecule has 0 radical (unpaired) electrons. The van der Waals surface area contributed by atoms with Gasteiger partial charge in [0, 0.05) is 33.4 Å². The van der Waals surface area contributed by atoms with Gasteiger partial charge in [-0.05, 0) is 31.8 Å². The second-order valence-corrected chi connectivity index (χ2v) is 5.19. The van der Waals surface area contributed by atoms with Gasteiger partial charge in [0.2, 0.25) is 0 Å². The number of nitrogens with one attached hydrogen (secondary N) is 1. The SMILES string of the molecule is COCCN(CC1CNCC1C)C(C)COC. The Morgan fingerprint density at radius 3 is 2.59 bits per heavy atom. The molecule has 0 spiro atoms. The largest absolute Gasteiger partial charge is 0.383 e. The van der Waals surface area contributed by atoms with Crippen LogP contribution in [-0.4, -0.2) is 64.6 Å². The monoisotopic (exact) mass is 244 g/mol. The highest BCUT2D eigenvalue weighted by Crippen LogP contribution is 2.18. The summed E-state index contributed by atoms with van der Waals surface area (Å²) < 4.78 is 10.5. The number of ether oxygens (including phenoxy) is 2. The fraction of sp³-hybridized carbons (Fsp3) is 1.00. The zero-order valence-electron chi connectivity index (χ0n) is 11.7. The van der Waals surface area contributed by atoms with E-state index in [1.807, 2.05) is 0 Å². The van der Waals surface area contributed by atoms with Crippen LogP contribution in [0.15, 0.2) is 0 Å². The van der Waals surface area contributed by atoms with Gasteiger partial charge in [-0.3, -0.25) is 4.90 Å². The molecule has 1 aliphatic rings. The van der Waals surface area contributed by atoms with Crippen LogP contribution in [-0.2, 0) is 9.47 Å². The number of rotatable bonds is 8. The molecule has 4 heteroatoms. The summed E-state index contributed by atoms with van der Waals surface area (Å²) in [6.07, 6.45) is 0. The molecule has 1 saturated heterocycles. The average molecular weight is 244 g/mol. The van der Waals surface area contributed by atoms with Crippen LogP contribution in [0.3, 0.4) is 0 Å². The topological polar surface area (TPSA) is 33.7 Å². The van der Waals surface area contributed by atoms with Crippen molar-refractivity contribution in [3.8, 4) is 0 Å². The van der Waals surface area contributed by atoms with E-state index < -0.39 is 0 Å². The van der Waals surface area contributed by atoms with E-state index in [9.17, 15) is 0 Å². The number of nitrogens with zero attached hydrogens (tertiary/aromatic N) is 1. The molecule has 0 aromatic carbocycles. The van der Waals surface area contributed by atoms with Gasteiger partial charge in [0.05, 0.1) is 13.2 Å². The molecule has 1 heterocycles. The van der Waals surface area contributed by atoms with Crippen LogP contribution in [0, 0.1) is 11.8 Å². The van der Waals surface area contributed by atoms with Gasteiger partial charge in [-0.1, -0.05) is 6.92 Å². The molecule has 0 aliphatic carbocycles. The highest BCUT2D eigenvalue weighted by Gasteiger charge is 2.26. The van der Waals surface area contributed by atoms with Crippen molar-refractivity contribution in [1.82, 2.24) is 10.2 Å². The van der Waals surface area contributed by atoms with Crippen molar-refractivity contribution in [2.24, 2.45) is 11.8 Å². The zero-order valence-corrected chi connectivity index (χ0v) is 11.7.